The van der Waals surface area contributed by atoms with Gasteiger partial charge in [-0.25, -0.2) is 0 Å². The van der Waals surface area contributed by atoms with Crippen LogP contribution in [0.5, 0.6) is 0 Å². The largest absolute Gasteiger partial charge is 0.375 e. The zero-order chi connectivity index (χ0) is 24.6. The molecule has 35 heavy (non-hydrogen) atoms. The van der Waals surface area contributed by atoms with E-state index in [1.54, 1.807) is 35.2 Å². The normalized spacial score (nSPS) is 16.9. The lowest BCUT2D eigenvalue weighted by Gasteiger charge is -2.23. The average Bonchev–Trinajstić information content (AvgIpc) is 3.07. The molecule has 0 radical (unpaired) electrons. The summed E-state index contributed by atoms with van der Waals surface area (Å²) in [5, 5.41) is 12.0. The van der Waals surface area contributed by atoms with Crippen molar-refractivity contribution >= 4 is 29.0 Å². The van der Waals surface area contributed by atoms with Gasteiger partial charge in [0.2, 0.25) is 0 Å². The van der Waals surface area contributed by atoms with Crippen molar-refractivity contribution in [3.05, 3.63) is 124 Å². The molecule has 4 nitrogen and oxygen atoms in total. The summed E-state index contributed by atoms with van der Waals surface area (Å²) >= 11 is 6.23. The Morgan fingerprint density at radius 1 is 0.886 bits per heavy atom. The molecule has 1 aliphatic rings. The Kier molecular flexibility index (Phi) is 6.01. The Morgan fingerprint density at radius 2 is 1.54 bits per heavy atom. The molecule has 0 saturated heterocycles. The first kappa shape index (κ1) is 23.0. The molecule has 4 aromatic rings. The lowest BCUT2D eigenvalue weighted by molar-refractivity contribution is -0.136. The number of Topliss-reactive ketones (excluding diaryl/α,β-unsaturated/α-hetero) is 1. The fraction of sp³-hybridized carbons (Fsp3) is 0.133. The Morgan fingerprint density at radius 3 is 2.26 bits per heavy atom. The van der Waals surface area contributed by atoms with Crippen LogP contribution >= 0.6 is 11.6 Å². The molecule has 0 aromatic heterocycles. The van der Waals surface area contributed by atoms with Crippen molar-refractivity contribution in [3.63, 3.8) is 0 Å². The molecule has 1 atom stereocenters. The molecule has 0 spiro atoms. The number of ketones is 1. The maximum Gasteiger partial charge on any atom is 0.264 e. The molecule has 1 aliphatic heterocycles. The van der Waals surface area contributed by atoms with Crippen molar-refractivity contribution in [2.24, 2.45) is 0 Å². The maximum absolute atomic E-state index is 13.6. The summed E-state index contributed by atoms with van der Waals surface area (Å²) in [6.07, 6.45) is -0.367. The zero-order valence-corrected chi connectivity index (χ0v) is 20.0. The molecule has 0 bridgehead atoms. The quantitative estimate of drug-likeness (QED) is 0.328. The molecule has 1 heterocycles. The number of anilines is 1. The topological polar surface area (TPSA) is 57.6 Å². The number of aliphatic hydroxyl groups is 1. The predicted molar refractivity (Wildman–Crippen MR) is 139 cm³/mol. The van der Waals surface area contributed by atoms with Gasteiger partial charge in [-0.1, -0.05) is 90.5 Å². The predicted octanol–water partition coefficient (Wildman–Crippen LogP) is 6.32. The molecule has 0 saturated carbocycles. The van der Waals surface area contributed by atoms with Crippen LogP contribution in [0.4, 0.5) is 5.69 Å². The second kappa shape index (κ2) is 9.14. The van der Waals surface area contributed by atoms with Crippen molar-refractivity contribution in [1.82, 2.24) is 0 Å². The molecule has 0 aliphatic carbocycles. The third-order valence-corrected chi connectivity index (χ3v) is 6.85. The monoisotopic (exact) mass is 481 g/mol. The SMILES string of the molecule is Cc1ccccc1CN1C(=O)[C@](O)(CC(=O)c2ccc(-c3ccccc3)cc2)c2cc(Cl)ccc21. The fourth-order valence-corrected chi connectivity index (χ4v) is 4.79. The van der Waals surface area contributed by atoms with Crippen LogP contribution in [0, 0.1) is 6.92 Å². The van der Waals surface area contributed by atoms with E-state index in [1.165, 1.54) is 0 Å². The van der Waals surface area contributed by atoms with Crippen LogP contribution < -0.4 is 4.90 Å². The highest BCUT2D eigenvalue weighted by atomic mass is 35.5. The smallest absolute Gasteiger partial charge is 0.264 e. The molecule has 1 N–H and O–H groups in total. The van der Waals surface area contributed by atoms with Gasteiger partial charge < -0.3 is 10.0 Å². The highest BCUT2D eigenvalue weighted by molar-refractivity contribution is 6.31. The van der Waals surface area contributed by atoms with Gasteiger partial charge in [-0.2, -0.15) is 0 Å². The van der Waals surface area contributed by atoms with E-state index in [9.17, 15) is 14.7 Å². The molecular formula is C30H24ClNO3. The standard InChI is InChI=1S/C30H24ClNO3/c1-20-7-5-6-10-24(20)19-32-27-16-15-25(31)17-26(27)30(35,29(32)34)18-28(33)23-13-11-22(12-14-23)21-8-3-2-4-9-21/h2-17,35H,18-19H2,1H3/t30-/m0/s1. The van der Waals surface area contributed by atoms with Crippen molar-refractivity contribution < 1.29 is 14.7 Å². The lowest BCUT2D eigenvalue weighted by atomic mass is 9.88. The van der Waals surface area contributed by atoms with Crippen LogP contribution in [0.2, 0.25) is 5.02 Å². The number of rotatable bonds is 6. The van der Waals surface area contributed by atoms with Gasteiger partial charge in [0.25, 0.3) is 5.91 Å². The third-order valence-electron chi connectivity index (χ3n) is 6.61. The first-order chi connectivity index (χ1) is 16.9. The molecule has 0 fully saturated rings. The number of nitrogens with zero attached hydrogens (tertiary/aromatic N) is 1. The van der Waals surface area contributed by atoms with Gasteiger partial charge in [0, 0.05) is 16.1 Å². The van der Waals surface area contributed by atoms with Gasteiger partial charge in [-0.15, -0.1) is 0 Å². The third kappa shape index (κ3) is 4.27. The van der Waals surface area contributed by atoms with E-state index in [1.807, 2.05) is 73.7 Å². The van der Waals surface area contributed by atoms with E-state index in [0.717, 1.165) is 22.3 Å². The molecule has 5 heteroatoms. The highest BCUT2D eigenvalue weighted by Crippen LogP contribution is 2.45. The summed E-state index contributed by atoms with van der Waals surface area (Å²) in [7, 11) is 0. The minimum Gasteiger partial charge on any atom is -0.375 e. The molecule has 174 valence electrons. The van der Waals surface area contributed by atoms with E-state index in [0.29, 0.717) is 28.4 Å². The Labute approximate surface area is 209 Å². The van der Waals surface area contributed by atoms with E-state index in [4.69, 9.17) is 11.6 Å². The fourth-order valence-electron chi connectivity index (χ4n) is 4.62. The summed E-state index contributed by atoms with van der Waals surface area (Å²) in [6.45, 7) is 2.27. The van der Waals surface area contributed by atoms with Crippen LogP contribution in [-0.4, -0.2) is 16.8 Å². The number of hydrogen-bond acceptors (Lipinski definition) is 3. The number of amides is 1. The minimum atomic E-state index is -1.99. The van der Waals surface area contributed by atoms with E-state index >= 15 is 0 Å². The van der Waals surface area contributed by atoms with Crippen molar-refractivity contribution in [3.8, 4) is 11.1 Å². The lowest BCUT2D eigenvalue weighted by Crippen LogP contribution is -2.41. The summed E-state index contributed by atoms with van der Waals surface area (Å²) in [5.41, 5.74) is 3.42. The Balaban J connectivity index is 1.45. The summed E-state index contributed by atoms with van der Waals surface area (Å²) in [5.74, 6) is -0.837. The molecule has 0 unspecified atom stereocenters. The number of benzene rings is 4. The second-order valence-corrected chi connectivity index (χ2v) is 9.32. The van der Waals surface area contributed by atoms with Crippen molar-refractivity contribution in [2.45, 2.75) is 25.5 Å². The van der Waals surface area contributed by atoms with E-state index in [2.05, 4.69) is 0 Å². The van der Waals surface area contributed by atoms with Crippen LogP contribution in [0.1, 0.15) is 33.5 Å². The number of halogens is 1. The van der Waals surface area contributed by atoms with Gasteiger partial charge in [-0.3, -0.25) is 9.59 Å². The summed E-state index contributed by atoms with van der Waals surface area (Å²) in [6, 6.07) is 29.9. The van der Waals surface area contributed by atoms with Gasteiger partial charge in [0.15, 0.2) is 11.4 Å². The number of carbonyl (C=O) groups excluding carboxylic acids is 2. The number of carbonyl (C=O) groups is 2. The van der Waals surface area contributed by atoms with Crippen LogP contribution in [0.15, 0.2) is 97.1 Å². The van der Waals surface area contributed by atoms with Crippen LogP contribution in [0.3, 0.4) is 0 Å². The van der Waals surface area contributed by atoms with Gasteiger partial charge in [-0.05, 0) is 47.4 Å². The number of hydrogen-bond donors (Lipinski definition) is 1. The van der Waals surface area contributed by atoms with Gasteiger partial charge >= 0.3 is 0 Å². The van der Waals surface area contributed by atoms with Crippen LogP contribution in [0.25, 0.3) is 11.1 Å². The molecule has 1 amide bonds. The first-order valence-electron chi connectivity index (χ1n) is 11.4. The summed E-state index contributed by atoms with van der Waals surface area (Å²) < 4.78 is 0. The number of aryl methyl sites for hydroxylation is 1. The van der Waals surface area contributed by atoms with Gasteiger partial charge in [0.1, 0.15) is 0 Å². The Bertz CT molecular complexity index is 1420. The van der Waals surface area contributed by atoms with Gasteiger partial charge in [0.05, 0.1) is 18.7 Å². The Hall–Kier alpha value is -3.73. The molecule has 5 rings (SSSR count). The molecule has 4 aromatic carbocycles. The van der Waals surface area contributed by atoms with Crippen LogP contribution in [-0.2, 0) is 16.9 Å². The summed E-state index contributed by atoms with van der Waals surface area (Å²) in [4.78, 5) is 28.4. The first-order valence-corrected chi connectivity index (χ1v) is 11.8. The van der Waals surface area contributed by atoms with E-state index < -0.39 is 11.5 Å². The zero-order valence-electron chi connectivity index (χ0n) is 19.2. The van der Waals surface area contributed by atoms with E-state index in [-0.39, 0.29) is 12.2 Å². The van der Waals surface area contributed by atoms with Crippen molar-refractivity contribution in [1.29, 1.82) is 0 Å². The second-order valence-electron chi connectivity index (χ2n) is 8.88. The highest BCUT2D eigenvalue weighted by Gasteiger charge is 2.51. The number of fused-ring (bicyclic) bond motifs is 1. The minimum absolute atomic E-state index is 0.294. The van der Waals surface area contributed by atoms with Crippen molar-refractivity contribution in [2.75, 3.05) is 4.90 Å². The maximum atomic E-state index is 13.6. The average molecular weight is 482 g/mol. The molecular weight excluding hydrogens is 458 g/mol.